The average Bonchev–Trinajstić information content (AvgIpc) is 2.17. The van der Waals surface area contributed by atoms with Crippen molar-refractivity contribution in [1.29, 1.82) is 0 Å². The van der Waals surface area contributed by atoms with E-state index in [1.54, 1.807) is 0 Å². The molecule has 0 aliphatic carbocycles. The standard InChI is InChI=1S/C13H20O2/c1-13(2,3)12(15)9-11(14)10-7-5-4-6-8-10/h4-8,11-12,14-15H,9H2,1-3H3/t11-,12-/m0/s1. The SMILES string of the molecule is CC(C)(C)[C@@H](O)C[C@H](O)c1ccccc1. The maximum atomic E-state index is 9.89. The van der Waals surface area contributed by atoms with E-state index in [0.29, 0.717) is 6.42 Å². The Hall–Kier alpha value is -0.860. The first-order chi connectivity index (χ1) is 6.91. The molecule has 1 aromatic carbocycles. The lowest BCUT2D eigenvalue weighted by atomic mass is 9.85. The summed E-state index contributed by atoms with van der Waals surface area (Å²) in [6.45, 7) is 5.90. The highest BCUT2D eigenvalue weighted by atomic mass is 16.3. The molecule has 1 aromatic rings. The van der Waals surface area contributed by atoms with Crippen LogP contribution in [0.15, 0.2) is 30.3 Å². The molecule has 2 N–H and O–H groups in total. The van der Waals surface area contributed by atoms with Gasteiger partial charge in [-0.05, 0) is 11.0 Å². The monoisotopic (exact) mass is 208 g/mol. The molecule has 0 aliphatic heterocycles. The van der Waals surface area contributed by atoms with Gasteiger partial charge in [-0.25, -0.2) is 0 Å². The van der Waals surface area contributed by atoms with Gasteiger partial charge in [0.1, 0.15) is 0 Å². The summed E-state index contributed by atoms with van der Waals surface area (Å²) < 4.78 is 0. The van der Waals surface area contributed by atoms with Crippen LogP contribution in [0.3, 0.4) is 0 Å². The van der Waals surface area contributed by atoms with Crippen LogP contribution in [-0.2, 0) is 0 Å². The topological polar surface area (TPSA) is 40.5 Å². The second-order valence-electron chi connectivity index (χ2n) is 5.04. The van der Waals surface area contributed by atoms with Crippen LogP contribution in [0.25, 0.3) is 0 Å². The zero-order valence-electron chi connectivity index (χ0n) is 9.64. The van der Waals surface area contributed by atoms with Gasteiger partial charge < -0.3 is 10.2 Å². The summed E-state index contributed by atoms with van der Waals surface area (Å²) in [5.41, 5.74) is 0.677. The van der Waals surface area contributed by atoms with Gasteiger partial charge >= 0.3 is 0 Å². The molecule has 15 heavy (non-hydrogen) atoms. The van der Waals surface area contributed by atoms with Crippen LogP contribution in [0, 0.1) is 5.41 Å². The third-order valence-corrected chi connectivity index (χ3v) is 2.63. The lowest BCUT2D eigenvalue weighted by Crippen LogP contribution is -2.27. The predicted molar refractivity (Wildman–Crippen MR) is 61.5 cm³/mol. The van der Waals surface area contributed by atoms with Gasteiger partial charge in [-0.3, -0.25) is 0 Å². The molecule has 1 rings (SSSR count). The lowest BCUT2D eigenvalue weighted by molar-refractivity contribution is 0.0130. The van der Waals surface area contributed by atoms with Crippen LogP contribution in [0.5, 0.6) is 0 Å². The smallest absolute Gasteiger partial charge is 0.0814 e. The van der Waals surface area contributed by atoms with E-state index < -0.39 is 12.2 Å². The molecule has 0 spiro atoms. The first-order valence-electron chi connectivity index (χ1n) is 5.32. The number of benzene rings is 1. The number of hydrogen-bond donors (Lipinski definition) is 2. The van der Waals surface area contributed by atoms with Gasteiger partial charge in [0.2, 0.25) is 0 Å². The molecule has 0 unspecified atom stereocenters. The van der Waals surface area contributed by atoms with Crippen molar-refractivity contribution in [3.8, 4) is 0 Å². The second kappa shape index (κ2) is 4.77. The molecule has 0 heterocycles. The summed E-state index contributed by atoms with van der Waals surface area (Å²) in [4.78, 5) is 0. The van der Waals surface area contributed by atoms with Gasteiger partial charge in [-0.1, -0.05) is 51.1 Å². The minimum Gasteiger partial charge on any atom is -0.392 e. The molecule has 2 nitrogen and oxygen atoms in total. The fourth-order valence-electron chi connectivity index (χ4n) is 1.38. The van der Waals surface area contributed by atoms with Crippen molar-refractivity contribution in [3.05, 3.63) is 35.9 Å². The summed E-state index contributed by atoms with van der Waals surface area (Å²) in [7, 11) is 0. The van der Waals surface area contributed by atoms with Gasteiger partial charge in [0.05, 0.1) is 12.2 Å². The maximum Gasteiger partial charge on any atom is 0.0814 e. The molecule has 0 aliphatic rings. The largest absolute Gasteiger partial charge is 0.392 e. The van der Waals surface area contributed by atoms with E-state index in [1.165, 1.54) is 0 Å². The van der Waals surface area contributed by atoms with E-state index in [1.807, 2.05) is 51.1 Å². The van der Waals surface area contributed by atoms with Crippen molar-refractivity contribution in [1.82, 2.24) is 0 Å². The molecular formula is C13H20O2. The Bertz CT molecular complexity index is 287. The fraction of sp³-hybridized carbons (Fsp3) is 0.538. The fourth-order valence-corrected chi connectivity index (χ4v) is 1.38. The highest BCUT2D eigenvalue weighted by Gasteiger charge is 2.25. The van der Waals surface area contributed by atoms with Crippen molar-refractivity contribution >= 4 is 0 Å². The summed E-state index contributed by atoms with van der Waals surface area (Å²) in [6, 6.07) is 9.44. The minimum absolute atomic E-state index is 0.185. The first kappa shape index (κ1) is 12.2. The highest BCUT2D eigenvalue weighted by Crippen LogP contribution is 2.27. The van der Waals surface area contributed by atoms with Crippen molar-refractivity contribution in [2.75, 3.05) is 0 Å². The number of aliphatic hydroxyl groups is 2. The number of aliphatic hydroxyl groups excluding tert-OH is 2. The van der Waals surface area contributed by atoms with E-state index in [9.17, 15) is 10.2 Å². The molecule has 0 saturated heterocycles. The number of hydrogen-bond acceptors (Lipinski definition) is 2. The summed E-state index contributed by atoms with van der Waals surface area (Å²) in [6.07, 6.45) is -0.693. The van der Waals surface area contributed by atoms with E-state index in [2.05, 4.69) is 0 Å². The Morgan fingerprint density at radius 1 is 1.07 bits per heavy atom. The molecule has 0 amide bonds. The molecule has 2 atom stereocenters. The zero-order chi connectivity index (χ0) is 11.5. The summed E-state index contributed by atoms with van der Waals surface area (Å²) in [5, 5.41) is 19.8. The van der Waals surface area contributed by atoms with Gasteiger partial charge in [-0.2, -0.15) is 0 Å². The Morgan fingerprint density at radius 3 is 2.07 bits per heavy atom. The second-order valence-corrected chi connectivity index (χ2v) is 5.04. The van der Waals surface area contributed by atoms with Crippen LogP contribution >= 0.6 is 0 Å². The van der Waals surface area contributed by atoms with E-state index >= 15 is 0 Å². The Labute approximate surface area is 91.6 Å². The third kappa shape index (κ3) is 3.65. The first-order valence-corrected chi connectivity index (χ1v) is 5.32. The lowest BCUT2D eigenvalue weighted by Gasteiger charge is -2.27. The van der Waals surface area contributed by atoms with Crippen LogP contribution in [0.4, 0.5) is 0 Å². The molecular weight excluding hydrogens is 188 g/mol. The average molecular weight is 208 g/mol. The van der Waals surface area contributed by atoms with Gasteiger partial charge in [-0.15, -0.1) is 0 Å². The minimum atomic E-state index is -0.583. The Kier molecular flexibility index (Phi) is 3.89. The van der Waals surface area contributed by atoms with Crippen LogP contribution < -0.4 is 0 Å². The number of rotatable bonds is 3. The molecule has 0 saturated carbocycles. The van der Waals surface area contributed by atoms with Gasteiger partial charge in [0, 0.05) is 6.42 Å². The van der Waals surface area contributed by atoms with E-state index in [0.717, 1.165) is 5.56 Å². The van der Waals surface area contributed by atoms with Crippen LogP contribution in [0.1, 0.15) is 38.9 Å². The molecule has 2 heteroatoms. The van der Waals surface area contributed by atoms with Crippen molar-refractivity contribution in [2.45, 2.75) is 39.4 Å². The van der Waals surface area contributed by atoms with E-state index in [4.69, 9.17) is 0 Å². The van der Waals surface area contributed by atoms with Crippen LogP contribution in [0.2, 0.25) is 0 Å². The summed E-state index contributed by atoms with van der Waals surface area (Å²) in [5.74, 6) is 0. The molecule has 0 aromatic heterocycles. The van der Waals surface area contributed by atoms with Crippen LogP contribution in [-0.4, -0.2) is 16.3 Å². The Balaban J connectivity index is 2.61. The third-order valence-electron chi connectivity index (χ3n) is 2.63. The normalized spacial score (nSPS) is 16.1. The quantitative estimate of drug-likeness (QED) is 0.801. The van der Waals surface area contributed by atoms with Crippen molar-refractivity contribution in [2.24, 2.45) is 5.41 Å². The van der Waals surface area contributed by atoms with E-state index in [-0.39, 0.29) is 5.41 Å². The predicted octanol–water partition coefficient (Wildman–Crippen LogP) is 2.52. The molecule has 0 fully saturated rings. The van der Waals surface area contributed by atoms with Gasteiger partial charge in [0.15, 0.2) is 0 Å². The maximum absolute atomic E-state index is 9.89. The zero-order valence-corrected chi connectivity index (χ0v) is 9.64. The highest BCUT2D eigenvalue weighted by molar-refractivity contribution is 5.17. The van der Waals surface area contributed by atoms with Gasteiger partial charge in [0.25, 0.3) is 0 Å². The van der Waals surface area contributed by atoms with Crippen molar-refractivity contribution < 1.29 is 10.2 Å². The summed E-state index contributed by atoms with van der Waals surface area (Å²) >= 11 is 0. The van der Waals surface area contributed by atoms with Crippen molar-refractivity contribution in [3.63, 3.8) is 0 Å². The molecule has 84 valence electrons. The molecule has 0 radical (unpaired) electrons. The molecule has 0 bridgehead atoms. The Morgan fingerprint density at radius 2 is 1.60 bits per heavy atom.